The number of hydrogen-bond acceptors (Lipinski definition) is 4. The molecule has 2 aromatic rings. The van der Waals surface area contributed by atoms with Crippen LogP contribution in [0.3, 0.4) is 0 Å². The van der Waals surface area contributed by atoms with E-state index in [1.807, 2.05) is 6.92 Å². The molecule has 0 aliphatic rings. The maximum Gasteiger partial charge on any atom is 0.338 e. The third-order valence-corrected chi connectivity index (χ3v) is 2.97. The fraction of sp³-hybridized carbons (Fsp3) is 0.176. The van der Waals surface area contributed by atoms with E-state index in [9.17, 15) is 9.59 Å². The van der Waals surface area contributed by atoms with E-state index in [1.54, 1.807) is 36.4 Å². The van der Waals surface area contributed by atoms with Gasteiger partial charge in [0.1, 0.15) is 11.5 Å². The summed E-state index contributed by atoms with van der Waals surface area (Å²) < 4.78 is 10.6. The Hall–Kier alpha value is -2.33. The smallest absolute Gasteiger partial charge is 0.338 e. The normalized spacial score (nSPS) is 10.8. The molecule has 0 radical (unpaired) electrons. The lowest BCUT2D eigenvalue weighted by Gasteiger charge is -2.03. The third kappa shape index (κ3) is 4.33. The fourth-order valence-electron chi connectivity index (χ4n) is 1.79. The van der Waals surface area contributed by atoms with E-state index in [0.717, 1.165) is 12.0 Å². The quantitative estimate of drug-likeness (QED) is 0.453. The van der Waals surface area contributed by atoms with Crippen molar-refractivity contribution in [2.45, 2.75) is 13.3 Å². The molecule has 0 aliphatic heterocycles. The van der Waals surface area contributed by atoms with Gasteiger partial charge in [0.2, 0.25) is 5.24 Å². The highest BCUT2D eigenvalue weighted by atomic mass is 35.5. The first-order valence-electron chi connectivity index (χ1n) is 6.85. The van der Waals surface area contributed by atoms with Crippen molar-refractivity contribution in [1.82, 2.24) is 0 Å². The largest absolute Gasteiger partial charge is 0.462 e. The first-order valence-corrected chi connectivity index (χ1v) is 7.23. The molecule has 4 nitrogen and oxygen atoms in total. The van der Waals surface area contributed by atoms with E-state index >= 15 is 0 Å². The second kappa shape index (κ2) is 7.61. The van der Waals surface area contributed by atoms with Crippen LogP contribution in [0.2, 0.25) is 0 Å². The van der Waals surface area contributed by atoms with Gasteiger partial charge in [-0.1, -0.05) is 19.1 Å². The number of carbonyl (C=O) groups excluding carboxylic acids is 2. The molecule has 0 bridgehead atoms. The molecule has 0 spiro atoms. The minimum atomic E-state index is -0.562. The van der Waals surface area contributed by atoms with Crippen LogP contribution in [0.5, 0.6) is 0 Å². The summed E-state index contributed by atoms with van der Waals surface area (Å²) >= 11 is 5.22. The van der Waals surface area contributed by atoms with Crippen LogP contribution in [0.1, 0.15) is 29.5 Å². The van der Waals surface area contributed by atoms with Gasteiger partial charge >= 0.3 is 5.97 Å². The van der Waals surface area contributed by atoms with Crippen molar-refractivity contribution < 1.29 is 18.7 Å². The molecule has 0 saturated carbocycles. The van der Waals surface area contributed by atoms with E-state index in [-0.39, 0.29) is 5.97 Å². The van der Waals surface area contributed by atoms with Crippen LogP contribution in [-0.2, 0) is 9.53 Å². The van der Waals surface area contributed by atoms with Gasteiger partial charge < -0.3 is 9.15 Å². The van der Waals surface area contributed by atoms with Crippen molar-refractivity contribution in [3.63, 3.8) is 0 Å². The Labute approximate surface area is 133 Å². The second-order valence-corrected chi connectivity index (χ2v) is 4.93. The molecule has 1 heterocycles. The number of rotatable bonds is 6. The van der Waals surface area contributed by atoms with E-state index in [0.29, 0.717) is 23.7 Å². The monoisotopic (exact) mass is 318 g/mol. The predicted molar refractivity (Wildman–Crippen MR) is 84.6 cm³/mol. The summed E-state index contributed by atoms with van der Waals surface area (Å²) in [6, 6.07) is 10.4. The molecule has 22 heavy (non-hydrogen) atoms. The molecule has 0 aliphatic carbocycles. The molecule has 5 heteroatoms. The highest BCUT2D eigenvalue weighted by molar-refractivity contribution is 6.66. The van der Waals surface area contributed by atoms with Crippen LogP contribution in [0.15, 0.2) is 46.9 Å². The van der Waals surface area contributed by atoms with Gasteiger partial charge in [0.25, 0.3) is 0 Å². The predicted octanol–water partition coefficient (Wildman–Crippen LogP) is 4.29. The molecule has 0 fully saturated rings. The standard InChI is InChI=1S/C17H15ClO4/c1-2-11-21-17(20)13-5-3-12(4-6-13)15-9-7-14(22-15)8-10-16(18)19/h3-10H,2,11H2,1H3/b10-8+. The van der Waals surface area contributed by atoms with Gasteiger partial charge in [0, 0.05) is 11.6 Å². The molecular formula is C17H15ClO4. The lowest BCUT2D eigenvalue weighted by molar-refractivity contribution is -0.107. The lowest BCUT2D eigenvalue weighted by Crippen LogP contribution is -2.05. The Morgan fingerprint density at radius 2 is 1.91 bits per heavy atom. The van der Waals surface area contributed by atoms with Gasteiger partial charge in [-0.2, -0.15) is 0 Å². The maximum absolute atomic E-state index is 11.7. The molecule has 1 aromatic heterocycles. The summed E-state index contributed by atoms with van der Waals surface area (Å²) in [6.07, 6.45) is 3.50. The number of benzene rings is 1. The average Bonchev–Trinajstić information content (AvgIpc) is 2.99. The number of allylic oxidation sites excluding steroid dienone is 1. The Balaban J connectivity index is 2.10. The summed E-state index contributed by atoms with van der Waals surface area (Å²) in [7, 11) is 0. The number of ether oxygens (including phenoxy) is 1. The molecule has 0 atom stereocenters. The maximum atomic E-state index is 11.7. The molecule has 0 N–H and O–H groups in total. The van der Waals surface area contributed by atoms with Gasteiger partial charge in [0.05, 0.1) is 12.2 Å². The van der Waals surface area contributed by atoms with Gasteiger partial charge in [-0.15, -0.1) is 0 Å². The lowest BCUT2D eigenvalue weighted by atomic mass is 10.1. The Bertz CT molecular complexity index is 683. The van der Waals surface area contributed by atoms with Crippen molar-refractivity contribution in [2.75, 3.05) is 6.61 Å². The van der Waals surface area contributed by atoms with Crippen LogP contribution in [-0.4, -0.2) is 17.8 Å². The molecular weight excluding hydrogens is 304 g/mol. The Morgan fingerprint density at radius 3 is 2.55 bits per heavy atom. The summed E-state index contributed by atoms with van der Waals surface area (Å²) in [6.45, 7) is 2.35. The number of esters is 1. The third-order valence-electron chi connectivity index (χ3n) is 2.85. The zero-order valence-electron chi connectivity index (χ0n) is 12.0. The minimum Gasteiger partial charge on any atom is -0.462 e. The van der Waals surface area contributed by atoms with Crippen molar-refractivity contribution in [3.05, 3.63) is 53.8 Å². The zero-order valence-corrected chi connectivity index (χ0v) is 12.8. The molecule has 1 aromatic carbocycles. The number of hydrogen-bond donors (Lipinski definition) is 0. The summed E-state index contributed by atoms with van der Waals surface area (Å²) in [5.74, 6) is 0.822. The van der Waals surface area contributed by atoms with Crippen LogP contribution in [0.4, 0.5) is 0 Å². The van der Waals surface area contributed by atoms with Crippen LogP contribution < -0.4 is 0 Å². The minimum absolute atomic E-state index is 0.336. The van der Waals surface area contributed by atoms with Gasteiger partial charge in [-0.05, 0) is 48.4 Å². The van der Waals surface area contributed by atoms with E-state index in [1.165, 1.54) is 12.2 Å². The van der Waals surface area contributed by atoms with Crippen LogP contribution >= 0.6 is 11.6 Å². The zero-order chi connectivity index (χ0) is 15.9. The SMILES string of the molecule is CCCOC(=O)c1ccc(-c2ccc(/C=C/C(=O)Cl)o2)cc1. The average molecular weight is 319 g/mol. The van der Waals surface area contributed by atoms with Crippen LogP contribution in [0.25, 0.3) is 17.4 Å². The number of furan rings is 1. The summed E-state index contributed by atoms with van der Waals surface area (Å²) in [4.78, 5) is 22.4. The van der Waals surface area contributed by atoms with Gasteiger partial charge in [-0.25, -0.2) is 4.79 Å². The molecule has 114 valence electrons. The first kappa shape index (κ1) is 16.0. The molecule has 0 amide bonds. The second-order valence-electron chi connectivity index (χ2n) is 4.55. The number of halogens is 1. The summed E-state index contributed by atoms with van der Waals surface area (Å²) in [5, 5.41) is -0.562. The molecule has 2 rings (SSSR count). The van der Waals surface area contributed by atoms with Crippen molar-refractivity contribution in [2.24, 2.45) is 0 Å². The first-order chi connectivity index (χ1) is 10.6. The van der Waals surface area contributed by atoms with E-state index in [4.69, 9.17) is 20.8 Å². The van der Waals surface area contributed by atoms with E-state index in [2.05, 4.69) is 0 Å². The fourth-order valence-corrected chi connectivity index (χ4v) is 1.86. The van der Waals surface area contributed by atoms with Gasteiger partial charge in [-0.3, -0.25) is 4.79 Å². The Kier molecular flexibility index (Phi) is 5.55. The molecule has 0 saturated heterocycles. The number of carbonyl (C=O) groups is 2. The van der Waals surface area contributed by atoms with Crippen molar-refractivity contribution in [3.8, 4) is 11.3 Å². The van der Waals surface area contributed by atoms with Gasteiger partial charge in [0.15, 0.2) is 0 Å². The van der Waals surface area contributed by atoms with Crippen LogP contribution in [0, 0.1) is 0 Å². The van der Waals surface area contributed by atoms with Crippen molar-refractivity contribution in [1.29, 1.82) is 0 Å². The topological polar surface area (TPSA) is 56.5 Å². The highest BCUT2D eigenvalue weighted by Gasteiger charge is 2.08. The highest BCUT2D eigenvalue weighted by Crippen LogP contribution is 2.23. The van der Waals surface area contributed by atoms with E-state index < -0.39 is 5.24 Å². The van der Waals surface area contributed by atoms with Crippen molar-refractivity contribution >= 4 is 28.9 Å². The Morgan fingerprint density at radius 1 is 1.18 bits per heavy atom. The molecule has 0 unspecified atom stereocenters. The summed E-state index contributed by atoms with van der Waals surface area (Å²) in [5.41, 5.74) is 1.32.